The Morgan fingerprint density at radius 3 is 1.35 bits per heavy atom. The van der Waals surface area contributed by atoms with Crippen LogP contribution in [0.5, 0.6) is 0 Å². The zero-order valence-electron chi connectivity index (χ0n) is 15.0. The Bertz CT molecular complexity index is 931. The van der Waals surface area contributed by atoms with Gasteiger partial charge in [0.15, 0.2) is 0 Å². The van der Waals surface area contributed by atoms with Crippen LogP contribution in [0.4, 0.5) is 0 Å². The van der Waals surface area contributed by atoms with Gasteiger partial charge in [-0.3, -0.25) is 0 Å². The molecule has 0 bridgehead atoms. The van der Waals surface area contributed by atoms with Crippen LogP contribution in [0, 0.1) is 20.8 Å². The molecule has 5 heteroatoms. The van der Waals surface area contributed by atoms with E-state index in [2.05, 4.69) is 0 Å². The third-order valence-corrected chi connectivity index (χ3v) is 15.2. The first-order valence-electron chi connectivity index (χ1n) is 8.30. The molecule has 0 unspecified atom stereocenters. The second-order valence-corrected chi connectivity index (χ2v) is 15.9. The average molecular weight is 562 g/mol. The van der Waals surface area contributed by atoms with Crippen LogP contribution in [0.15, 0.2) is 77.7 Å². The molecule has 0 N–H and O–H groups in total. The van der Waals surface area contributed by atoms with Gasteiger partial charge in [0.2, 0.25) is 0 Å². The molecule has 26 heavy (non-hydrogen) atoms. The number of benzene rings is 3. The second kappa shape index (κ2) is 8.00. The van der Waals surface area contributed by atoms with Crippen molar-refractivity contribution in [2.45, 2.75) is 25.7 Å². The van der Waals surface area contributed by atoms with E-state index in [9.17, 15) is 8.42 Å². The SMILES string of the molecule is Cc1cc[c]([Bi]([O]S(=O)(=O)c2ccc(C)cc2)[c]2ccc(C)cc2)cc1. The van der Waals surface area contributed by atoms with E-state index in [1.165, 1.54) is 0 Å². The first-order chi connectivity index (χ1) is 12.3. The summed E-state index contributed by atoms with van der Waals surface area (Å²) in [5, 5.41) is 0. The Kier molecular flexibility index (Phi) is 5.91. The van der Waals surface area contributed by atoms with Gasteiger partial charge in [-0.1, -0.05) is 0 Å². The zero-order valence-corrected chi connectivity index (χ0v) is 19.3. The Morgan fingerprint density at radius 1 is 0.615 bits per heavy atom. The first kappa shape index (κ1) is 19.2. The summed E-state index contributed by atoms with van der Waals surface area (Å²) < 4.78 is 33.6. The summed E-state index contributed by atoms with van der Waals surface area (Å²) in [4.78, 5) is 0.210. The van der Waals surface area contributed by atoms with Crippen LogP contribution in [-0.2, 0) is 12.4 Å². The molecule has 3 aromatic carbocycles. The van der Waals surface area contributed by atoms with E-state index in [1.54, 1.807) is 24.3 Å². The minimum atomic E-state index is -3.80. The van der Waals surface area contributed by atoms with E-state index in [-0.39, 0.29) is 4.90 Å². The number of rotatable bonds is 5. The predicted octanol–water partition coefficient (Wildman–Crippen LogP) is 3.12. The molecule has 0 fully saturated rings. The van der Waals surface area contributed by atoms with E-state index >= 15 is 0 Å². The van der Waals surface area contributed by atoms with E-state index in [0.717, 1.165) is 23.2 Å². The van der Waals surface area contributed by atoms with Crippen molar-refractivity contribution in [3.63, 3.8) is 0 Å². The summed E-state index contributed by atoms with van der Waals surface area (Å²) in [7, 11) is -3.80. The fourth-order valence-corrected chi connectivity index (χ4v) is 13.1. The summed E-state index contributed by atoms with van der Waals surface area (Å²) in [6.45, 7) is 5.96. The van der Waals surface area contributed by atoms with Crippen molar-refractivity contribution in [2.75, 3.05) is 0 Å². The van der Waals surface area contributed by atoms with Gasteiger partial charge in [0.25, 0.3) is 0 Å². The van der Waals surface area contributed by atoms with E-state index in [0.29, 0.717) is 0 Å². The normalized spacial score (nSPS) is 11.7. The molecular formula is C21H21BiO3S. The van der Waals surface area contributed by atoms with Crippen molar-refractivity contribution in [3.8, 4) is 0 Å². The van der Waals surface area contributed by atoms with Crippen molar-refractivity contribution in [1.82, 2.24) is 0 Å². The molecule has 134 valence electrons. The minimum absolute atomic E-state index is 0.210. The molecule has 0 aromatic heterocycles. The van der Waals surface area contributed by atoms with Crippen molar-refractivity contribution in [3.05, 3.63) is 89.5 Å². The number of hydrogen-bond acceptors (Lipinski definition) is 3. The van der Waals surface area contributed by atoms with E-state index in [1.807, 2.05) is 69.3 Å². The van der Waals surface area contributed by atoms with Crippen molar-refractivity contribution < 1.29 is 10.7 Å². The number of aryl methyl sites for hydroxylation is 3. The van der Waals surface area contributed by atoms with Crippen LogP contribution in [0.2, 0.25) is 0 Å². The molecule has 0 atom stereocenters. The monoisotopic (exact) mass is 562 g/mol. The van der Waals surface area contributed by atoms with Gasteiger partial charge in [-0.05, 0) is 0 Å². The molecule has 0 aliphatic rings. The summed E-state index contributed by atoms with van der Waals surface area (Å²) in [6.07, 6.45) is 0. The van der Waals surface area contributed by atoms with Gasteiger partial charge < -0.3 is 0 Å². The third-order valence-electron chi connectivity index (χ3n) is 4.02. The molecule has 0 aliphatic heterocycles. The van der Waals surface area contributed by atoms with Crippen molar-refractivity contribution >= 4 is 38.9 Å². The van der Waals surface area contributed by atoms with Crippen molar-refractivity contribution in [1.29, 1.82) is 0 Å². The number of hydrogen-bond donors (Lipinski definition) is 0. The zero-order chi connectivity index (χ0) is 18.7. The molecule has 0 saturated heterocycles. The summed E-state index contributed by atoms with van der Waals surface area (Å²) >= 11 is -3.18. The fourth-order valence-electron chi connectivity index (χ4n) is 2.44. The fraction of sp³-hybridized carbons (Fsp3) is 0.143. The molecule has 3 rings (SSSR count). The van der Waals surface area contributed by atoms with Crippen LogP contribution in [0.1, 0.15) is 16.7 Å². The maximum absolute atomic E-state index is 12.9. The summed E-state index contributed by atoms with van der Waals surface area (Å²) in [5.74, 6) is 0. The van der Waals surface area contributed by atoms with Gasteiger partial charge in [0, 0.05) is 0 Å². The van der Waals surface area contributed by atoms with Crippen LogP contribution >= 0.6 is 0 Å². The van der Waals surface area contributed by atoms with Gasteiger partial charge in [0.05, 0.1) is 0 Å². The van der Waals surface area contributed by atoms with Gasteiger partial charge in [-0.15, -0.1) is 0 Å². The Labute approximate surface area is 164 Å². The molecule has 3 nitrogen and oxygen atoms in total. The van der Waals surface area contributed by atoms with Crippen LogP contribution in [0.3, 0.4) is 0 Å². The van der Waals surface area contributed by atoms with Gasteiger partial charge >= 0.3 is 165 Å². The molecule has 0 aliphatic carbocycles. The summed E-state index contributed by atoms with van der Waals surface area (Å²) in [6, 6.07) is 22.8. The molecule has 0 radical (unpaired) electrons. The molecular weight excluding hydrogens is 541 g/mol. The summed E-state index contributed by atoms with van der Waals surface area (Å²) in [5.41, 5.74) is 3.30. The second-order valence-electron chi connectivity index (χ2n) is 6.31. The molecule has 0 heterocycles. The quantitative estimate of drug-likeness (QED) is 0.449. The average Bonchev–Trinajstić information content (AvgIpc) is 2.62. The van der Waals surface area contributed by atoms with Crippen molar-refractivity contribution in [2.24, 2.45) is 0 Å². The van der Waals surface area contributed by atoms with Gasteiger partial charge in [-0.25, -0.2) is 0 Å². The Balaban J connectivity index is 2.01. The van der Waals surface area contributed by atoms with Crippen LogP contribution in [-0.4, -0.2) is 30.6 Å². The Hall–Kier alpha value is -1.55. The first-order valence-corrected chi connectivity index (χ1v) is 14.6. The third kappa shape index (κ3) is 4.59. The molecule has 0 amide bonds. The molecule has 3 aromatic rings. The molecule has 0 saturated carbocycles. The van der Waals surface area contributed by atoms with Crippen LogP contribution in [0.25, 0.3) is 0 Å². The molecule has 0 spiro atoms. The maximum atomic E-state index is 12.9. The Morgan fingerprint density at radius 2 is 0.962 bits per heavy atom. The van der Waals surface area contributed by atoms with Gasteiger partial charge in [0.1, 0.15) is 0 Å². The van der Waals surface area contributed by atoms with E-state index < -0.39 is 32.3 Å². The van der Waals surface area contributed by atoms with Gasteiger partial charge in [-0.2, -0.15) is 0 Å². The topological polar surface area (TPSA) is 43.4 Å². The standard InChI is InChI=1S/C7H8O3S.2C7H7.Bi/c1-6-2-4-7(5-3-6)11(8,9)10;2*1-7-5-3-2-4-6-7;/h2-5H,1H3,(H,8,9,10);2*3-6H,1H3;/q;;;+1/p-1. The predicted molar refractivity (Wildman–Crippen MR) is 107 cm³/mol. The van der Waals surface area contributed by atoms with E-state index in [4.69, 9.17) is 2.26 Å². The van der Waals surface area contributed by atoms with Crippen LogP contribution < -0.4 is 6.54 Å².